The molecule has 3 N–H and O–H groups in total. The van der Waals surface area contributed by atoms with Gasteiger partial charge >= 0.3 is 0 Å². The molecule has 0 aliphatic rings. The van der Waals surface area contributed by atoms with Crippen LogP contribution in [-0.4, -0.2) is 14.1 Å². The normalized spacial score (nSPS) is 10.2. The summed E-state index contributed by atoms with van der Waals surface area (Å²) in [6, 6.07) is 14.2. The van der Waals surface area contributed by atoms with Crippen molar-refractivity contribution in [3.63, 3.8) is 0 Å². The fraction of sp³-hybridized carbons (Fsp3) is 0.200. The Balaban J connectivity index is 2.28. The Kier molecular flexibility index (Phi) is 3.42. The Morgan fingerprint density at radius 2 is 1.83 bits per heavy atom. The predicted molar refractivity (Wildman–Crippen MR) is 79.6 cm³/mol. The van der Waals surface area contributed by atoms with Crippen LogP contribution in [0.25, 0.3) is 0 Å². The lowest BCUT2D eigenvalue weighted by atomic mass is 10.2. The van der Waals surface area contributed by atoms with E-state index in [1.165, 1.54) is 5.56 Å². The molecule has 0 bridgehead atoms. The van der Waals surface area contributed by atoms with Crippen molar-refractivity contribution in [1.29, 1.82) is 0 Å². The SMILES string of the molecule is Cc1ccc(N)c(Nc2cccc(N(C)C)c2)c1. The molecule has 0 heterocycles. The minimum Gasteiger partial charge on any atom is -0.397 e. The lowest BCUT2D eigenvalue weighted by molar-refractivity contribution is 1.13. The van der Waals surface area contributed by atoms with Crippen LogP contribution in [0.3, 0.4) is 0 Å². The summed E-state index contributed by atoms with van der Waals surface area (Å²) in [5.74, 6) is 0. The number of hydrogen-bond donors (Lipinski definition) is 2. The second kappa shape index (κ2) is 5.00. The van der Waals surface area contributed by atoms with Gasteiger partial charge in [0.25, 0.3) is 0 Å². The van der Waals surface area contributed by atoms with E-state index >= 15 is 0 Å². The van der Waals surface area contributed by atoms with Gasteiger partial charge in [-0.1, -0.05) is 12.1 Å². The van der Waals surface area contributed by atoms with Crippen LogP contribution in [0, 0.1) is 6.92 Å². The van der Waals surface area contributed by atoms with Gasteiger partial charge in [0.15, 0.2) is 0 Å². The van der Waals surface area contributed by atoms with Crippen molar-refractivity contribution in [2.24, 2.45) is 0 Å². The van der Waals surface area contributed by atoms with Crippen LogP contribution in [0.2, 0.25) is 0 Å². The zero-order valence-corrected chi connectivity index (χ0v) is 11.1. The van der Waals surface area contributed by atoms with Gasteiger partial charge < -0.3 is 16.0 Å². The second-order valence-electron chi connectivity index (χ2n) is 4.66. The predicted octanol–water partition coefficient (Wildman–Crippen LogP) is 3.39. The van der Waals surface area contributed by atoms with E-state index < -0.39 is 0 Å². The van der Waals surface area contributed by atoms with E-state index in [4.69, 9.17) is 5.73 Å². The van der Waals surface area contributed by atoms with Crippen molar-refractivity contribution in [2.75, 3.05) is 30.0 Å². The maximum absolute atomic E-state index is 5.96. The van der Waals surface area contributed by atoms with Crippen molar-refractivity contribution in [3.8, 4) is 0 Å². The number of hydrogen-bond acceptors (Lipinski definition) is 3. The summed E-state index contributed by atoms with van der Waals surface area (Å²) in [6.07, 6.45) is 0. The molecule has 0 amide bonds. The highest BCUT2D eigenvalue weighted by Gasteiger charge is 2.02. The smallest absolute Gasteiger partial charge is 0.0620 e. The number of anilines is 4. The summed E-state index contributed by atoms with van der Waals surface area (Å²) in [4.78, 5) is 2.07. The highest BCUT2D eigenvalue weighted by Crippen LogP contribution is 2.26. The maximum Gasteiger partial charge on any atom is 0.0620 e. The third-order valence-electron chi connectivity index (χ3n) is 2.85. The van der Waals surface area contributed by atoms with Crippen molar-refractivity contribution < 1.29 is 0 Å². The Hall–Kier alpha value is -2.16. The van der Waals surface area contributed by atoms with Gasteiger partial charge in [-0.2, -0.15) is 0 Å². The second-order valence-corrected chi connectivity index (χ2v) is 4.66. The summed E-state index contributed by atoms with van der Waals surface area (Å²) in [7, 11) is 4.06. The molecule has 0 aliphatic carbocycles. The molecule has 2 aromatic rings. The molecule has 3 nitrogen and oxygen atoms in total. The zero-order valence-electron chi connectivity index (χ0n) is 11.1. The van der Waals surface area contributed by atoms with Crippen LogP contribution >= 0.6 is 0 Å². The van der Waals surface area contributed by atoms with Crippen LogP contribution in [0.1, 0.15) is 5.56 Å². The summed E-state index contributed by atoms with van der Waals surface area (Å²) >= 11 is 0. The molecule has 2 aromatic carbocycles. The molecule has 0 unspecified atom stereocenters. The van der Waals surface area contributed by atoms with Crippen molar-refractivity contribution in [3.05, 3.63) is 48.0 Å². The lowest BCUT2D eigenvalue weighted by Crippen LogP contribution is -2.08. The van der Waals surface area contributed by atoms with E-state index in [1.807, 2.05) is 38.4 Å². The van der Waals surface area contributed by atoms with Crippen LogP contribution in [0.15, 0.2) is 42.5 Å². The number of nitrogens with one attached hydrogen (secondary N) is 1. The number of rotatable bonds is 3. The first-order valence-corrected chi connectivity index (χ1v) is 5.97. The van der Waals surface area contributed by atoms with Gasteiger partial charge in [-0.3, -0.25) is 0 Å². The van der Waals surface area contributed by atoms with Crippen molar-refractivity contribution >= 4 is 22.7 Å². The lowest BCUT2D eigenvalue weighted by Gasteiger charge is -2.15. The first-order chi connectivity index (χ1) is 8.56. The van der Waals surface area contributed by atoms with Crippen LogP contribution in [0.4, 0.5) is 22.7 Å². The van der Waals surface area contributed by atoms with Gasteiger partial charge in [-0.05, 0) is 42.8 Å². The Bertz CT molecular complexity index is 547. The average Bonchev–Trinajstić information content (AvgIpc) is 2.34. The van der Waals surface area contributed by atoms with E-state index in [0.717, 1.165) is 22.7 Å². The molecule has 0 fully saturated rings. The summed E-state index contributed by atoms with van der Waals surface area (Å²) in [5, 5.41) is 3.36. The number of benzene rings is 2. The van der Waals surface area contributed by atoms with Gasteiger partial charge in [-0.15, -0.1) is 0 Å². The van der Waals surface area contributed by atoms with E-state index in [0.29, 0.717) is 0 Å². The highest BCUT2D eigenvalue weighted by molar-refractivity contribution is 5.74. The molecule has 0 spiro atoms. The first kappa shape index (κ1) is 12.3. The van der Waals surface area contributed by atoms with E-state index in [1.54, 1.807) is 0 Å². The van der Waals surface area contributed by atoms with Gasteiger partial charge in [0, 0.05) is 25.5 Å². The molecular weight excluding hydrogens is 222 g/mol. The molecule has 3 heteroatoms. The molecule has 0 saturated heterocycles. The molecule has 0 aliphatic heterocycles. The number of aryl methyl sites for hydroxylation is 1. The van der Waals surface area contributed by atoms with E-state index in [9.17, 15) is 0 Å². The topological polar surface area (TPSA) is 41.3 Å². The Labute approximate surface area is 108 Å². The molecule has 0 atom stereocenters. The fourth-order valence-electron chi connectivity index (χ4n) is 1.80. The highest BCUT2D eigenvalue weighted by atomic mass is 15.1. The average molecular weight is 241 g/mol. The van der Waals surface area contributed by atoms with Crippen molar-refractivity contribution in [1.82, 2.24) is 0 Å². The van der Waals surface area contributed by atoms with Gasteiger partial charge in [0.2, 0.25) is 0 Å². The molecule has 2 rings (SSSR count). The minimum atomic E-state index is 0.760. The third-order valence-corrected chi connectivity index (χ3v) is 2.85. The molecular formula is C15H19N3. The summed E-state index contributed by atoms with van der Waals surface area (Å²) in [5.41, 5.74) is 11.1. The molecule has 0 aromatic heterocycles. The van der Waals surface area contributed by atoms with E-state index in [2.05, 4.69) is 35.3 Å². The number of nitrogen functional groups attached to an aromatic ring is 1. The Morgan fingerprint density at radius 1 is 1.06 bits per heavy atom. The van der Waals surface area contributed by atoms with Crippen LogP contribution in [-0.2, 0) is 0 Å². The monoisotopic (exact) mass is 241 g/mol. The number of nitrogens with two attached hydrogens (primary N) is 1. The zero-order chi connectivity index (χ0) is 13.1. The molecule has 0 saturated carbocycles. The summed E-state index contributed by atoms with van der Waals surface area (Å²) < 4.78 is 0. The van der Waals surface area contributed by atoms with Crippen molar-refractivity contribution in [2.45, 2.75) is 6.92 Å². The molecule has 18 heavy (non-hydrogen) atoms. The van der Waals surface area contributed by atoms with Crippen LogP contribution < -0.4 is 16.0 Å². The standard InChI is InChI=1S/C15H19N3/c1-11-7-8-14(16)15(9-11)17-12-5-4-6-13(10-12)18(2)3/h4-10,17H,16H2,1-3H3. The number of nitrogens with zero attached hydrogens (tertiary/aromatic N) is 1. The largest absolute Gasteiger partial charge is 0.397 e. The molecule has 0 radical (unpaired) electrons. The van der Waals surface area contributed by atoms with E-state index in [-0.39, 0.29) is 0 Å². The van der Waals surface area contributed by atoms with Gasteiger partial charge in [0.05, 0.1) is 11.4 Å². The Morgan fingerprint density at radius 3 is 2.56 bits per heavy atom. The minimum absolute atomic E-state index is 0.760. The maximum atomic E-state index is 5.96. The summed E-state index contributed by atoms with van der Waals surface area (Å²) in [6.45, 7) is 2.06. The van der Waals surface area contributed by atoms with Crippen LogP contribution in [0.5, 0.6) is 0 Å². The first-order valence-electron chi connectivity index (χ1n) is 5.97. The molecule has 94 valence electrons. The van der Waals surface area contributed by atoms with Gasteiger partial charge in [0.1, 0.15) is 0 Å². The third kappa shape index (κ3) is 2.74. The van der Waals surface area contributed by atoms with Gasteiger partial charge in [-0.25, -0.2) is 0 Å². The quantitative estimate of drug-likeness (QED) is 0.809. The fourth-order valence-corrected chi connectivity index (χ4v) is 1.80.